The molecule has 5 heteroatoms. The highest BCUT2D eigenvalue weighted by Crippen LogP contribution is 2.38. The lowest BCUT2D eigenvalue weighted by atomic mass is 10.1. The van der Waals surface area contributed by atoms with Crippen molar-refractivity contribution in [3.05, 3.63) is 0 Å². The van der Waals surface area contributed by atoms with Crippen LogP contribution in [-0.4, -0.2) is 48.1 Å². The second kappa shape index (κ2) is 4.41. The van der Waals surface area contributed by atoms with Crippen LogP contribution in [0.3, 0.4) is 0 Å². The van der Waals surface area contributed by atoms with E-state index in [2.05, 4.69) is 10.2 Å². The van der Waals surface area contributed by atoms with E-state index in [0.29, 0.717) is 6.42 Å². The lowest BCUT2D eigenvalue weighted by molar-refractivity contribution is -0.140. The van der Waals surface area contributed by atoms with E-state index in [4.69, 9.17) is 5.11 Å². The summed E-state index contributed by atoms with van der Waals surface area (Å²) in [5, 5.41) is 11.7. The zero-order valence-corrected chi connectivity index (χ0v) is 9.48. The summed E-state index contributed by atoms with van der Waals surface area (Å²) in [4.78, 5) is 24.5. The molecule has 90 valence electrons. The third-order valence-corrected chi connectivity index (χ3v) is 3.42. The van der Waals surface area contributed by atoms with Crippen LogP contribution in [0.5, 0.6) is 0 Å². The van der Waals surface area contributed by atoms with Crippen LogP contribution < -0.4 is 5.32 Å². The van der Waals surface area contributed by atoms with E-state index in [1.807, 2.05) is 7.05 Å². The van der Waals surface area contributed by atoms with Crippen LogP contribution in [0.25, 0.3) is 0 Å². The molecule has 16 heavy (non-hydrogen) atoms. The molecule has 0 bridgehead atoms. The van der Waals surface area contributed by atoms with E-state index in [1.54, 1.807) is 0 Å². The molecule has 1 saturated heterocycles. The van der Waals surface area contributed by atoms with Gasteiger partial charge in [-0.1, -0.05) is 0 Å². The average Bonchev–Trinajstić information content (AvgIpc) is 2.96. The van der Waals surface area contributed by atoms with E-state index in [-0.39, 0.29) is 17.9 Å². The van der Waals surface area contributed by atoms with Crippen LogP contribution in [0.15, 0.2) is 0 Å². The number of likely N-dealkylation sites (N-methyl/N-ethyl adjacent to an activating group) is 1. The predicted molar refractivity (Wildman–Crippen MR) is 57.9 cm³/mol. The summed E-state index contributed by atoms with van der Waals surface area (Å²) >= 11 is 0. The maximum absolute atomic E-state index is 11.7. The quantitative estimate of drug-likeness (QED) is 0.706. The van der Waals surface area contributed by atoms with Gasteiger partial charge in [-0.3, -0.25) is 9.59 Å². The number of carboxylic acid groups (broad SMARTS) is 1. The van der Waals surface area contributed by atoms with Gasteiger partial charge in [0.1, 0.15) is 0 Å². The van der Waals surface area contributed by atoms with Gasteiger partial charge in [0.2, 0.25) is 5.91 Å². The zero-order chi connectivity index (χ0) is 11.7. The molecule has 0 aromatic carbocycles. The Bertz CT molecular complexity index is 306. The molecule has 1 aliphatic heterocycles. The molecule has 5 nitrogen and oxygen atoms in total. The Morgan fingerprint density at radius 3 is 2.69 bits per heavy atom. The van der Waals surface area contributed by atoms with Gasteiger partial charge in [0.05, 0.1) is 11.8 Å². The van der Waals surface area contributed by atoms with Gasteiger partial charge >= 0.3 is 5.97 Å². The van der Waals surface area contributed by atoms with Gasteiger partial charge in [-0.05, 0) is 32.9 Å². The van der Waals surface area contributed by atoms with Crippen molar-refractivity contribution in [2.24, 2.45) is 11.8 Å². The normalized spacial score (nSPS) is 34.4. The number of piperidine rings is 1. The minimum Gasteiger partial charge on any atom is -0.481 e. The van der Waals surface area contributed by atoms with Crippen LogP contribution in [0.1, 0.15) is 19.3 Å². The SMILES string of the molecule is CN1CCCC(NC(=O)[C@@H]2C[C@@H]2C(=O)O)C1. The first-order valence-corrected chi connectivity index (χ1v) is 5.79. The van der Waals surface area contributed by atoms with Gasteiger partial charge in [-0.25, -0.2) is 0 Å². The van der Waals surface area contributed by atoms with Crippen molar-refractivity contribution in [1.29, 1.82) is 0 Å². The summed E-state index contributed by atoms with van der Waals surface area (Å²) in [5.74, 6) is -1.65. The molecule has 1 heterocycles. The predicted octanol–water partition coefficient (Wildman–Crippen LogP) is -0.0825. The molecule has 2 fully saturated rings. The molecule has 0 radical (unpaired) electrons. The van der Waals surface area contributed by atoms with E-state index in [9.17, 15) is 9.59 Å². The highest BCUT2D eigenvalue weighted by Gasteiger charge is 2.48. The number of aliphatic carboxylic acids is 1. The van der Waals surface area contributed by atoms with Gasteiger partial charge < -0.3 is 15.3 Å². The van der Waals surface area contributed by atoms with Crippen LogP contribution in [-0.2, 0) is 9.59 Å². The minimum absolute atomic E-state index is 0.0762. The Morgan fingerprint density at radius 2 is 2.12 bits per heavy atom. The van der Waals surface area contributed by atoms with Crippen LogP contribution in [0.4, 0.5) is 0 Å². The van der Waals surface area contributed by atoms with Gasteiger partial charge in [-0.15, -0.1) is 0 Å². The van der Waals surface area contributed by atoms with Gasteiger partial charge in [-0.2, -0.15) is 0 Å². The van der Waals surface area contributed by atoms with E-state index in [1.165, 1.54) is 0 Å². The Balaban J connectivity index is 1.77. The highest BCUT2D eigenvalue weighted by molar-refractivity contribution is 5.89. The van der Waals surface area contributed by atoms with Crippen molar-refractivity contribution >= 4 is 11.9 Å². The number of hydrogen-bond donors (Lipinski definition) is 2. The number of carbonyl (C=O) groups is 2. The molecule has 3 atom stereocenters. The summed E-state index contributed by atoms with van der Waals surface area (Å²) in [6, 6.07) is 0.196. The maximum Gasteiger partial charge on any atom is 0.307 e. The van der Waals surface area contributed by atoms with Crippen molar-refractivity contribution in [3.63, 3.8) is 0 Å². The zero-order valence-electron chi connectivity index (χ0n) is 9.48. The average molecular weight is 226 g/mol. The molecule has 1 saturated carbocycles. The minimum atomic E-state index is -0.846. The first kappa shape index (κ1) is 11.4. The molecule has 0 spiro atoms. The topological polar surface area (TPSA) is 69.6 Å². The molecule has 2 N–H and O–H groups in total. The Hall–Kier alpha value is -1.10. The summed E-state index contributed by atoms with van der Waals surface area (Å²) in [5.41, 5.74) is 0. The molecular formula is C11H18N2O3. The Morgan fingerprint density at radius 1 is 1.38 bits per heavy atom. The summed E-state index contributed by atoms with van der Waals surface area (Å²) in [6.07, 6.45) is 2.60. The number of nitrogens with one attached hydrogen (secondary N) is 1. The van der Waals surface area contributed by atoms with Gasteiger partial charge in [0.25, 0.3) is 0 Å². The molecule has 2 aliphatic rings. The molecule has 2 rings (SSSR count). The maximum atomic E-state index is 11.7. The Kier molecular flexibility index (Phi) is 3.14. The first-order valence-electron chi connectivity index (χ1n) is 5.79. The Labute approximate surface area is 94.8 Å². The standard InChI is InChI=1S/C11H18N2O3/c1-13-4-2-3-7(6-13)12-10(14)8-5-9(8)11(15)16/h7-9H,2-6H2,1H3,(H,12,14)(H,15,16)/t7?,8-,9+/m1/s1. The fourth-order valence-corrected chi connectivity index (χ4v) is 2.35. The third-order valence-electron chi connectivity index (χ3n) is 3.42. The number of carboxylic acids is 1. The largest absolute Gasteiger partial charge is 0.481 e. The van der Waals surface area contributed by atoms with Crippen molar-refractivity contribution < 1.29 is 14.7 Å². The van der Waals surface area contributed by atoms with E-state index < -0.39 is 11.9 Å². The molecule has 0 aromatic heterocycles. The fourth-order valence-electron chi connectivity index (χ4n) is 2.35. The lowest BCUT2D eigenvalue weighted by Crippen LogP contribution is -2.47. The molecule has 1 amide bonds. The highest BCUT2D eigenvalue weighted by atomic mass is 16.4. The lowest BCUT2D eigenvalue weighted by Gasteiger charge is -2.30. The molecule has 1 unspecified atom stereocenters. The van der Waals surface area contributed by atoms with Crippen LogP contribution in [0, 0.1) is 11.8 Å². The molecule has 1 aliphatic carbocycles. The molecular weight excluding hydrogens is 208 g/mol. The number of nitrogens with zero attached hydrogens (tertiary/aromatic N) is 1. The van der Waals surface area contributed by atoms with Crippen molar-refractivity contribution in [2.45, 2.75) is 25.3 Å². The number of likely N-dealkylation sites (tertiary alicyclic amines) is 1. The monoisotopic (exact) mass is 226 g/mol. The summed E-state index contributed by atoms with van der Waals surface area (Å²) in [6.45, 7) is 1.95. The second-order valence-electron chi connectivity index (χ2n) is 4.90. The van der Waals surface area contributed by atoms with Crippen LogP contribution in [0.2, 0.25) is 0 Å². The van der Waals surface area contributed by atoms with E-state index in [0.717, 1.165) is 25.9 Å². The second-order valence-corrected chi connectivity index (χ2v) is 4.90. The number of amides is 1. The smallest absolute Gasteiger partial charge is 0.307 e. The number of rotatable bonds is 3. The van der Waals surface area contributed by atoms with Crippen molar-refractivity contribution in [3.8, 4) is 0 Å². The van der Waals surface area contributed by atoms with Crippen molar-refractivity contribution in [1.82, 2.24) is 10.2 Å². The molecule has 0 aromatic rings. The summed E-state index contributed by atoms with van der Waals surface area (Å²) < 4.78 is 0. The van der Waals surface area contributed by atoms with E-state index >= 15 is 0 Å². The van der Waals surface area contributed by atoms with Gasteiger partial charge in [0, 0.05) is 12.6 Å². The number of carbonyl (C=O) groups excluding carboxylic acids is 1. The summed E-state index contributed by atoms with van der Waals surface area (Å²) in [7, 11) is 2.04. The third kappa shape index (κ3) is 2.52. The first-order chi connectivity index (χ1) is 7.58. The fraction of sp³-hybridized carbons (Fsp3) is 0.818. The number of hydrogen-bond acceptors (Lipinski definition) is 3. The van der Waals surface area contributed by atoms with Crippen molar-refractivity contribution in [2.75, 3.05) is 20.1 Å². The van der Waals surface area contributed by atoms with Crippen LogP contribution >= 0.6 is 0 Å². The van der Waals surface area contributed by atoms with Gasteiger partial charge in [0.15, 0.2) is 0 Å².